The van der Waals surface area contributed by atoms with Gasteiger partial charge >= 0.3 is 12.1 Å². The number of aliphatic hydroxyl groups excluding tert-OH is 1. The van der Waals surface area contributed by atoms with Gasteiger partial charge in [0.2, 0.25) is 0 Å². The normalized spacial score (nSPS) is 13.6. The minimum absolute atomic E-state index is 0.278. The van der Waals surface area contributed by atoms with E-state index in [1.54, 1.807) is 13.0 Å². The molecule has 0 bridgehead atoms. The molecule has 2 atom stereocenters. The highest BCUT2D eigenvalue weighted by Gasteiger charge is 2.32. The van der Waals surface area contributed by atoms with E-state index in [4.69, 9.17) is 4.74 Å². The fraction of sp³-hybridized carbons (Fsp3) is 0.300. The molecule has 0 amide bonds. The first-order valence-corrected chi connectivity index (χ1v) is 12.3. The Morgan fingerprint density at radius 3 is 1.95 bits per heavy atom. The second-order valence-corrected chi connectivity index (χ2v) is 8.74. The van der Waals surface area contributed by atoms with Gasteiger partial charge in [0, 0.05) is 25.2 Å². The van der Waals surface area contributed by atoms with Gasteiger partial charge in [0.1, 0.15) is 0 Å². The summed E-state index contributed by atoms with van der Waals surface area (Å²) in [5.74, 6) is -0.437. The fourth-order valence-corrected chi connectivity index (χ4v) is 4.19. The summed E-state index contributed by atoms with van der Waals surface area (Å²) >= 11 is 0. The molecule has 0 spiro atoms. The first kappa shape index (κ1) is 28.2. The summed E-state index contributed by atoms with van der Waals surface area (Å²) in [4.78, 5) is 13.8. The topological polar surface area (TPSA) is 49.8 Å². The number of carbonyl (C=O) groups excluding carboxylic acids is 1. The average molecular weight is 512 g/mol. The van der Waals surface area contributed by atoms with Crippen LogP contribution in [0.25, 0.3) is 0 Å². The molecule has 0 saturated carbocycles. The van der Waals surface area contributed by atoms with E-state index >= 15 is 0 Å². The average Bonchev–Trinajstić information content (AvgIpc) is 2.89. The summed E-state index contributed by atoms with van der Waals surface area (Å²) in [6.07, 6.45) is -1.49. The number of esters is 1. The first-order chi connectivity index (χ1) is 17.8. The lowest BCUT2D eigenvalue weighted by Gasteiger charge is -2.35. The lowest BCUT2D eigenvalue weighted by molar-refractivity contribution is -0.138. The molecule has 7 heteroatoms. The number of hydrogen-bond acceptors (Lipinski definition) is 4. The van der Waals surface area contributed by atoms with Crippen molar-refractivity contribution < 1.29 is 27.8 Å². The van der Waals surface area contributed by atoms with Gasteiger partial charge in [-0.3, -0.25) is 4.90 Å². The highest BCUT2D eigenvalue weighted by Crippen LogP contribution is 2.32. The van der Waals surface area contributed by atoms with Crippen LogP contribution in [0.1, 0.15) is 48.1 Å². The summed E-state index contributed by atoms with van der Waals surface area (Å²) in [7, 11) is 0. The van der Waals surface area contributed by atoms with Crippen LogP contribution in [0, 0.1) is 0 Å². The number of rotatable bonds is 12. The Morgan fingerprint density at radius 2 is 1.46 bits per heavy atom. The highest BCUT2D eigenvalue weighted by atomic mass is 19.4. The highest BCUT2D eigenvalue weighted by molar-refractivity contribution is 5.81. The van der Waals surface area contributed by atoms with Crippen molar-refractivity contribution in [2.45, 2.75) is 51.2 Å². The maximum Gasteiger partial charge on any atom is 0.416 e. The standard InChI is InChI=1S/C30H32F3NO3/c1-2-37-28(35)16-10-9-15-27(29(36)25-17-19-26(20-18-25)30(31,32)33)34(21-23-11-5-3-6-12-23)22-24-13-7-4-8-14-24/h3-8,10-14,16-20,27,29,36H,2,9,15,21-22H2,1H3/t27-,29+/m1/s1. The van der Waals surface area contributed by atoms with E-state index in [0.29, 0.717) is 31.5 Å². The predicted octanol–water partition coefficient (Wildman–Crippen LogP) is 6.71. The van der Waals surface area contributed by atoms with E-state index in [1.165, 1.54) is 18.2 Å². The number of benzene rings is 3. The number of hydrogen-bond donors (Lipinski definition) is 1. The molecule has 0 radical (unpaired) electrons. The molecule has 1 N–H and O–H groups in total. The van der Waals surface area contributed by atoms with Gasteiger partial charge in [0.25, 0.3) is 0 Å². The minimum Gasteiger partial charge on any atom is -0.463 e. The molecule has 0 fully saturated rings. The maximum absolute atomic E-state index is 13.1. The van der Waals surface area contributed by atoms with E-state index in [2.05, 4.69) is 4.90 Å². The number of nitrogens with zero attached hydrogens (tertiary/aromatic N) is 1. The largest absolute Gasteiger partial charge is 0.463 e. The van der Waals surface area contributed by atoms with E-state index in [-0.39, 0.29) is 6.61 Å². The monoisotopic (exact) mass is 511 g/mol. The molecule has 3 rings (SSSR count). The summed E-state index contributed by atoms with van der Waals surface area (Å²) in [5.41, 5.74) is 1.73. The van der Waals surface area contributed by atoms with Crippen molar-refractivity contribution >= 4 is 5.97 Å². The molecule has 0 aliphatic carbocycles. The van der Waals surface area contributed by atoms with Crippen molar-refractivity contribution in [1.29, 1.82) is 0 Å². The Bertz CT molecular complexity index is 1070. The van der Waals surface area contributed by atoms with Crippen molar-refractivity contribution in [3.05, 3.63) is 119 Å². The third kappa shape index (κ3) is 8.88. The number of halogens is 3. The fourth-order valence-electron chi connectivity index (χ4n) is 4.19. The van der Waals surface area contributed by atoms with Gasteiger partial charge in [-0.25, -0.2) is 4.79 Å². The van der Waals surface area contributed by atoms with Gasteiger partial charge in [-0.15, -0.1) is 0 Å². The van der Waals surface area contributed by atoms with Crippen LogP contribution in [0.2, 0.25) is 0 Å². The van der Waals surface area contributed by atoms with Crippen LogP contribution in [0.3, 0.4) is 0 Å². The van der Waals surface area contributed by atoms with Crippen LogP contribution in [0.5, 0.6) is 0 Å². The number of aliphatic hydroxyl groups is 1. The zero-order valence-electron chi connectivity index (χ0n) is 20.8. The van der Waals surface area contributed by atoms with E-state index in [9.17, 15) is 23.1 Å². The Kier molecular flexibility index (Phi) is 10.5. The molecular weight excluding hydrogens is 479 g/mol. The number of carbonyl (C=O) groups is 1. The van der Waals surface area contributed by atoms with Crippen molar-refractivity contribution in [3.8, 4) is 0 Å². The van der Waals surface area contributed by atoms with Crippen LogP contribution < -0.4 is 0 Å². The molecule has 3 aromatic carbocycles. The Hall–Kier alpha value is -3.42. The van der Waals surface area contributed by atoms with Crippen LogP contribution in [0.15, 0.2) is 97.1 Å². The first-order valence-electron chi connectivity index (χ1n) is 12.3. The number of allylic oxidation sites excluding steroid dienone is 1. The molecule has 37 heavy (non-hydrogen) atoms. The molecule has 0 aliphatic heterocycles. The molecule has 0 aliphatic rings. The van der Waals surface area contributed by atoms with Gasteiger partial charge in [0.05, 0.1) is 18.3 Å². The Labute approximate surface area is 216 Å². The van der Waals surface area contributed by atoms with Crippen LogP contribution >= 0.6 is 0 Å². The third-order valence-corrected chi connectivity index (χ3v) is 6.04. The quantitative estimate of drug-likeness (QED) is 0.217. The van der Waals surface area contributed by atoms with Crippen LogP contribution in [-0.2, 0) is 28.8 Å². The number of ether oxygens (including phenoxy) is 1. The zero-order chi connectivity index (χ0) is 26.7. The molecule has 4 nitrogen and oxygen atoms in total. The second kappa shape index (κ2) is 13.8. The molecular formula is C30H32F3NO3. The Balaban J connectivity index is 1.91. The van der Waals surface area contributed by atoms with Gasteiger partial charge in [0.15, 0.2) is 0 Å². The van der Waals surface area contributed by atoms with Gasteiger partial charge in [-0.2, -0.15) is 13.2 Å². The van der Waals surface area contributed by atoms with Gasteiger partial charge in [-0.05, 0) is 48.6 Å². The van der Waals surface area contributed by atoms with Gasteiger partial charge in [-0.1, -0.05) is 78.9 Å². The molecule has 0 unspecified atom stereocenters. The summed E-state index contributed by atoms with van der Waals surface area (Å²) in [5, 5.41) is 11.5. The van der Waals surface area contributed by atoms with Crippen molar-refractivity contribution in [3.63, 3.8) is 0 Å². The lowest BCUT2D eigenvalue weighted by atomic mass is 9.94. The van der Waals surface area contributed by atoms with Crippen molar-refractivity contribution in [2.75, 3.05) is 6.61 Å². The molecule has 196 valence electrons. The summed E-state index contributed by atoms with van der Waals surface area (Å²) in [6.45, 7) is 3.06. The van der Waals surface area contributed by atoms with E-state index in [1.807, 2.05) is 60.7 Å². The van der Waals surface area contributed by atoms with Crippen LogP contribution in [0.4, 0.5) is 13.2 Å². The molecule has 0 saturated heterocycles. The minimum atomic E-state index is -4.45. The molecule has 0 aromatic heterocycles. The maximum atomic E-state index is 13.1. The zero-order valence-corrected chi connectivity index (χ0v) is 20.8. The summed E-state index contributed by atoms with van der Waals surface area (Å²) < 4.78 is 44.2. The van der Waals surface area contributed by atoms with Gasteiger partial charge < -0.3 is 9.84 Å². The van der Waals surface area contributed by atoms with Crippen LogP contribution in [-0.4, -0.2) is 28.6 Å². The lowest BCUT2D eigenvalue weighted by Crippen LogP contribution is -2.39. The van der Waals surface area contributed by atoms with Crippen molar-refractivity contribution in [1.82, 2.24) is 4.90 Å². The SMILES string of the molecule is CCOC(=O)C=CCC[C@H]([C@@H](O)c1ccc(C(F)(F)F)cc1)N(Cc1ccccc1)Cc1ccccc1. The van der Waals surface area contributed by atoms with E-state index in [0.717, 1.165) is 23.3 Å². The smallest absolute Gasteiger partial charge is 0.416 e. The van der Waals surface area contributed by atoms with Crippen molar-refractivity contribution in [2.24, 2.45) is 0 Å². The predicted molar refractivity (Wildman–Crippen MR) is 137 cm³/mol. The number of alkyl halides is 3. The second-order valence-electron chi connectivity index (χ2n) is 8.74. The summed E-state index contributed by atoms with van der Waals surface area (Å²) in [6, 6.07) is 23.8. The molecule has 0 heterocycles. The molecule has 3 aromatic rings. The third-order valence-electron chi connectivity index (χ3n) is 6.04. The Morgan fingerprint density at radius 1 is 0.919 bits per heavy atom. The van der Waals surface area contributed by atoms with E-state index < -0.39 is 29.9 Å².